The molecule has 0 bridgehead atoms. The molecule has 0 aliphatic heterocycles. The summed E-state index contributed by atoms with van der Waals surface area (Å²) in [5.74, 6) is -5.85. The Balaban J connectivity index is 1.90. The molecule has 0 aliphatic rings. The Labute approximate surface area is 257 Å². The summed E-state index contributed by atoms with van der Waals surface area (Å²) in [6.07, 6.45) is 0.309. The van der Waals surface area contributed by atoms with Crippen LogP contribution in [0.15, 0.2) is 54.7 Å². The molecule has 0 saturated heterocycles. The molecule has 0 aliphatic carbocycles. The van der Waals surface area contributed by atoms with Crippen molar-refractivity contribution in [2.45, 2.75) is 62.7 Å². The van der Waals surface area contributed by atoms with Crippen LogP contribution in [0.2, 0.25) is 0 Å². The monoisotopic (exact) mass is 624 g/mol. The minimum atomic E-state index is -1.55. The molecule has 1 aromatic heterocycles. The fraction of sp³-hybridized carbons (Fsp3) is 0.333. The summed E-state index contributed by atoms with van der Waals surface area (Å²) in [7, 11) is 0. The molecule has 0 saturated carbocycles. The Morgan fingerprint density at radius 1 is 0.756 bits per heavy atom. The standard InChI is InChI=1S/C30H36N6O9/c31-20(9-11-25(32)38)27(41)35-23(13-16-5-7-18(37)8-6-16)28(42)36-24(14-17-15-33-21-4-2-1-3-19(17)21)29(43)34-22(30(44)45)10-12-26(39)40/h1-8,15,20,22-24,33,37H,9-14,31H2,(H2,32,38)(H,34,43)(H,35,41)(H,36,42)(H,39,40)(H,44,45). The molecule has 15 nitrogen and oxygen atoms in total. The number of phenolic OH excluding ortho intramolecular Hbond substituents is 1. The number of carboxylic acid groups (broad SMARTS) is 2. The number of nitrogens with two attached hydrogens (primary N) is 2. The SMILES string of the molecule is NC(=O)CCC(N)C(=O)NC(Cc1ccc(O)cc1)C(=O)NC(Cc1c[nH]c2ccccc12)C(=O)NC(CCC(=O)O)C(=O)O. The molecule has 11 N–H and O–H groups in total. The molecule has 0 spiro atoms. The topological polar surface area (TPSA) is 267 Å². The van der Waals surface area contributed by atoms with Gasteiger partial charge in [0.25, 0.3) is 0 Å². The zero-order valence-corrected chi connectivity index (χ0v) is 24.2. The molecule has 45 heavy (non-hydrogen) atoms. The molecule has 3 aromatic rings. The molecule has 4 amide bonds. The van der Waals surface area contributed by atoms with Crippen LogP contribution in [0, 0.1) is 0 Å². The maximum atomic E-state index is 13.7. The van der Waals surface area contributed by atoms with Crippen LogP contribution in [0.25, 0.3) is 10.9 Å². The summed E-state index contributed by atoms with van der Waals surface area (Å²) in [6, 6.07) is 7.67. The van der Waals surface area contributed by atoms with Gasteiger partial charge < -0.3 is 47.7 Å². The Kier molecular flexibility index (Phi) is 12.0. The van der Waals surface area contributed by atoms with Crippen molar-refractivity contribution >= 4 is 46.5 Å². The van der Waals surface area contributed by atoms with Crippen molar-refractivity contribution in [2.24, 2.45) is 11.5 Å². The van der Waals surface area contributed by atoms with E-state index in [4.69, 9.17) is 16.6 Å². The molecule has 2 aromatic carbocycles. The normalized spacial score (nSPS) is 13.6. The number of H-pyrrole nitrogens is 1. The number of nitrogens with one attached hydrogen (secondary N) is 4. The van der Waals surface area contributed by atoms with Crippen LogP contribution in [0.3, 0.4) is 0 Å². The van der Waals surface area contributed by atoms with Crippen molar-refractivity contribution in [2.75, 3.05) is 0 Å². The average Bonchev–Trinajstić information content (AvgIpc) is 3.40. The van der Waals surface area contributed by atoms with Crippen LogP contribution in [-0.2, 0) is 41.6 Å². The van der Waals surface area contributed by atoms with Crippen molar-refractivity contribution < 1.29 is 44.1 Å². The largest absolute Gasteiger partial charge is 0.508 e. The lowest BCUT2D eigenvalue weighted by Crippen LogP contribution is -2.58. The van der Waals surface area contributed by atoms with Crippen molar-refractivity contribution in [1.29, 1.82) is 0 Å². The van der Waals surface area contributed by atoms with E-state index in [1.165, 1.54) is 24.3 Å². The number of rotatable bonds is 17. The number of phenols is 1. The minimum absolute atomic E-state index is 0.0244. The second-order valence-corrected chi connectivity index (χ2v) is 10.5. The number of carbonyl (C=O) groups is 6. The summed E-state index contributed by atoms with van der Waals surface area (Å²) in [5, 5.41) is 36.5. The number of benzene rings is 2. The zero-order valence-electron chi connectivity index (χ0n) is 24.2. The third-order valence-corrected chi connectivity index (χ3v) is 7.04. The second-order valence-electron chi connectivity index (χ2n) is 10.5. The summed E-state index contributed by atoms with van der Waals surface area (Å²) in [5.41, 5.74) is 13.0. The van der Waals surface area contributed by atoms with Gasteiger partial charge in [-0.1, -0.05) is 30.3 Å². The highest BCUT2D eigenvalue weighted by Gasteiger charge is 2.31. The summed E-state index contributed by atoms with van der Waals surface area (Å²) < 4.78 is 0. The smallest absolute Gasteiger partial charge is 0.326 e. The molecule has 240 valence electrons. The van der Waals surface area contributed by atoms with E-state index in [2.05, 4.69) is 20.9 Å². The number of aromatic hydroxyl groups is 1. The predicted octanol–water partition coefficient (Wildman–Crippen LogP) is -0.345. The molecule has 0 radical (unpaired) electrons. The molecule has 3 rings (SSSR count). The predicted molar refractivity (Wildman–Crippen MR) is 161 cm³/mol. The van der Waals surface area contributed by atoms with Gasteiger partial charge in [-0.15, -0.1) is 0 Å². The van der Waals surface area contributed by atoms with Crippen molar-refractivity contribution in [3.63, 3.8) is 0 Å². The van der Waals surface area contributed by atoms with E-state index in [1.54, 1.807) is 24.4 Å². The molecular formula is C30H36N6O9. The molecule has 15 heteroatoms. The number of hydrogen-bond acceptors (Lipinski definition) is 8. The van der Waals surface area contributed by atoms with E-state index in [0.717, 1.165) is 10.9 Å². The van der Waals surface area contributed by atoms with Gasteiger partial charge >= 0.3 is 11.9 Å². The van der Waals surface area contributed by atoms with E-state index in [0.29, 0.717) is 11.1 Å². The third-order valence-electron chi connectivity index (χ3n) is 7.04. The van der Waals surface area contributed by atoms with E-state index < -0.39 is 72.6 Å². The summed E-state index contributed by atoms with van der Waals surface area (Å²) in [4.78, 5) is 77.1. The quantitative estimate of drug-likeness (QED) is 0.0942. The number of aliphatic carboxylic acids is 2. The van der Waals surface area contributed by atoms with E-state index in [1.807, 2.05) is 6.07 Å². The first-order valence-electron chi connectivity index (χ1n) is 14.1. The minimum Gasteiger partial charge on any atom is -0.508 e. The number of carboxylic acids is 2. The van der Waals surface area contributed by atoms with Crippen LogP contribution in [0.5, 0.6) is 5.75 Å². The lowest BCUT2D eigenvalue weighted by Gasteiger charge is -2.25. The Hall–Kier alpha value is -5.44. The van der Waals surface area contributed by atoms with Crippen molar-refractivity contribution in [1.82, 2.24) is 20.9 Å². The fourth-order valence-electron chi connectivity index (χ4n) is 4.58. The maximum absolute atomic E-state index is 13.7. The van der Waals surface area contributed by atoms with Gasteiger partial charge in [0.1, 0.15) is 23.9 Å². The zero-order chi connectivity index (χ0) is 33.1. The van der Waals surface area contributed by atoms with Crippen LogP contribution < -0.4 is 27.4 Å². The average molecular weight is 625 g/mol. The summed E-state index contributed by atoms with van der Waals surface area (Å²) in [6.45, 7) is 0. The highest BCUT2D eigenvalue weighted by molar-refractivity contribution is 5.95. The van der Waals surface area contributed by atoms with Gasteiger partial charge in [-0.05, 0) is 42.2 Å². The number of fused-ring (bicyclic) bond motifs is 1. The number of primary amides is 1. The third kappa shape index (κ3) is 10.4. The second kappa shape index (κ2) is 15.9. The highest BCUT2D eigenvalue weighted by atomic mass is 16.4. The highest BCUT2D eigenvalue weighted by Crippen LogP contribution is 2.20. The van der Waals surface area contributed by atoms with Gasteiger partial charge in [-0.3, -0.25) is 24.0 Å². The number of carbonyl (C=O) groups excluding carboxylic acids is 4. The van der Waals surface area contributed by atoms with Gasteiger partial charge in [-0.2, -0.15) is 0 Å². The van der Waals surface area contributed by atoms with E-state index >= 15 is 0 Å². The van der Waals surface area contributed by atoms with Crippen LogP contribution in [0.1, 0.15) is 36.8 Å². The van der Waals surface area contributed by atoms with Gasteiger partial charge in [0.2, 0.25) is 23.6 Å². The van der Waals surface area contributed by atoms with E-state index in [-0.39, 0.29) is 31.4 Å². The fourth-order valence-corrected chi connectivity index (χ4v) is 4.58. The Morgan fingerprint density at radius 3 is 1.98 bits per heavy atom. The van der Waals surface area contributed by atoms with Gasteiger partial charge in [0.05, 0.1) is 6.04 Å². The maximum Gasteiger partial charge on any atom is 0.326 e. The van der Waals surface area contributed by atoms with E-state index in [9.17, 15) is 39.0 Å². The van der Waals surface area contributed by atoms with Crippen LogP contribution >= 0.6 is 0 Å². The van der Waals surface area contributed by atoms with Gasteiger partial charge in [-0.25, -0.2) is 4.79 Å². The number of aromatic amines is 1. The van der Waals surface area contributed by atoms with Gasteiger partial charge in [0, 0.05) is 42.8 Å². The lowest BCUT2D eigenvalue weighted by atomic mass is 10.0. The Morgan fingerprint density at radius 2 is 1.36 bits per heavy atom. The molecular weight excluding hydrogens is 588 g/mol. The molecule has 4 atom stereocenters. The molecule has 4 unspecified atom stereocenters. The van der Waals surface area contributed by atoms with Crippen molar-refractivity contribution in [3.8, 4) is 5.75 Å². The Bertz CT molecular complexity index is 1540. The first-order valence-corrected chi connectivity index (χ1v) is 14.1. The number of aromatic nitrogens is 1. The number of amides is 4. The number of para-hydroxylation sites is 1. The first kappa shape index (κ1) is 34.1. The number of hydrogen-bond donors (Lipinski definition) is 9. The van der Waals surface area contributed by atoms with Crippen LogP contribution in [-0.4, -0.2) is 80.0 Å². The van der Waals surface area contributed by atoms with Crippen molar-refractivity contribution in [3.05, 3.63) is 65.9 Å². The lowest BCUT2D eigenvalue weighted by molar-refractivity contribution is -0.143. The molecule has 1 heterocycles. The summed E-state index contributed by atoms with van der Waals surface area (Å²) >= 11 is 0. The molecule has 0 fully saturated rings. The first-order chi connectivity index (χ1) is 21.3. The van der Waals surface area contributed by atoms with Crippen LogP contribution in [0.4, 0.5) is 0 Å². The van der Waals surface area contributed by atoms with Gasteiger partial charge in [0.15, 0.2) is 0 Å².